The zero-order valence-corrected chi connectivity index (χ0v) is 12.3. The van der Waals surface area contributed by atoms with Crippen molar-refractivity contribution in [3.63, 3.8) is 0 Å². The van der Waals surface area contributed by atoms with Crippen LogP contribution in [0.25, 0.3) is 0 Å². The van der Waals surface area contributed by atoms with Crippen LogP contribution in [-0.2, 0) is 14.3 Å². The third-order valence-electron chi connectivity index (χ3n) is 3.39. The predicted octanol–water partition coefficient (Wildman–Crippen LogP) is 2.05. The first kappa shape index (κ1) is 15.7. The molecule has 1 aromatic carbocycles. The number of carbonyl (C=O) groups is 2. The SMILES string of the molecule is COC(=O)C1CCCN1CC(=O)Nc1cc(Cl)ccc1F. The molecule has 0 aromatic heterocycles. The van der Waals surface area contributed by atoms with Crippen molar-refractivity contribution in [1.82, 2.24) is 4.90 Å². The summed E-state index contributed by atoms with van der Waals surface area (Å²) in [7, 11) is 1.32. The van der Waals surface area contributed by atoms with E-state index < -0.39 is 17.8 Å². The Labute approximate surface area is 127 Å². The van der Waals surface area contributed by atoms with Gasteiger partial charge in [0.25, 0.3) is 0 Å². The maximum absolute atomic E-state index is 13.5. The van der Waals surface area contributed by atoms with Crippen LogP contribution in [0.2, 0.25) is 5.02 Å². The number of nitrogens with one attached hydrogen (secondary N) is 1. The molecule has 0 spiro atoms. The number of esters is 1. The summed E-state index contributed by atoms with van der Waals surface area (Å²) in [4.78, 5) is 25.3. The molecular formula is C14H16ClFN2O3. The van der Waals surface area contributed by atoms with Gasteiger partial charge in [0, 0.05) is 5.02 Å². The van der Waals surface area contributed by atoms with Gasteiger partial charge >= 0.3 is 5.97 Å². The fourth-order valence-corrected chi connectivity index (χ4v) is 2.56. The molecule has 1 saturated heterocycles. The van der Waals surface area contributed by atoms with Crippen molar-refractivity contribution >= 4 is 29.2 Å². The van der Waals surface area contributed by atoms with Gasteiger partial charge in [-0.15, -0.1) is 0 Å². The van der Waals surface area contributed by atoms with Crippen molar-refractivity contribution in [2.45, 2.75) is 18.9 Å². The van der Waals surface area contributed by atoms with Gasteiger partial charge in [-0.3, -0.25) is 14.5 Å². The Morgan fingerprint density at radius 1 is 1.52 bits per heavy atom. The molecule has 1 aromatic rings. The maximum Gasteiger partial charge on any atom is 0.323 e. The lowest BCUT2D eigenvalue weighted by Crippen LogP contribution is -2.41. The van der Waals surface area contributed by atoms with Gasteiger partial charge < -0.3 is 10.1 Å². The maximum atomic E-state index is 13.5. The highest BCUT2D eigenvalue weighted by Gasteiger charge is 2.32. The lowest BCUT2D eigenvalue weighted by molar-refractivity contribution is -0.146. The fourth-order valence-electron chi connectivity index (χ4n) is 2.39. The third-order valence-corrected chi connectivity index (χ3v) is 3.62. The van der Waals surface area contributed by atoms with Crippen molar-refractivity contribution in [2.75, 3.05) is 25.5 Å². The molecule has 1 unspecified atom stereocenters. The molecular weight excluding hydrogens is 299 g/mol. The Bertz CT molecular complexity index is 553. The molecule has 114 valence electrons. The smallest absolute Gasteiger partial charge is 0.323 e. The number of ether oxygens (including phenoxy) is 1. The first-order valence-corrected chi connectivity index (χ1v) is 6.96. The van der Waals surface area contributed by atoms with Gasteiger partial charge in [-0.05, 0) is 37.6 Å². The number of anilines is 1. The van der Waals surface area contributed by atoms with Gasteiger partial charge in [0.1, 0.15) is 11.9 Å². The summed E-state index contributed by atoms with van der Waals surface area (Å²) in [5.41, 5.74) is 0.0290. The number of methoxy groups -OCH3 is 1. The first-order chi connectivity index (χ1) is 10.0. The van der Waals surface area contributed by atoms with Crippen LogP contribution in [0.1, 0.15) is 12.8 Å². The summed E-state index contributed by atoms with van der Waals surface area (Å²) < 4.78 is 18.3. The van der Waals surface area contributed by atoms with E-state index in [4.69, 9.17) is 16.3 Å². The Morgan fingerprint density at radius 3 is 3.00 bits per heavy atom. The second kappa shape index (κ2) is 6.87. The molecule has 0 bridgehead atoms. The highest BCUT2D eigenvalue weighted by atomic mass is 35.5. The third kappa shape index (κ3) is 3.92. The van der Waals surface area contributed by atoms with Gasteiger partial charge in [0.15, 0.2) is 0 Å². The number of hydrogen-bond acceptors (Lipinski definition) is 4. The number of nitrogens with zero attached hydrogens (tertiary/aromatic N) is 1. The minimum absolute atomic E-state index is 0.00567. The van der Waals surface area contributed by atoms with Crippen molar-refractivity contribution in [2.24, 2.45) is 0 Å². The van der Waals surface area contributed by atoms with E-state index in [9.17, 15) is 14.0 Å². The summed E-state index contributed by atoms with van der Waals surface area (Å²) in [6, 6.07) is 3.52. The quantitative estimate of drug-likeness (QED) is 0.864. The van der Waals surface area contributed by atoms with Gasteiger partial charge in [-0.25, -0.2) is 4.39 Å². The molecule has 0 aliphatic carbocycles. The van der Waals surface area contributed by atoms with E-state index in [1.54, 1.807) is 4.90 Å². The Balaban J connectivity index is 1.98. The number of rotatable bonds is 4. The van der Waals surface area contributed by atoms with Crippen LogP contribution in [0.15, 0.2) is 18.2 Å². The lowest BCUT2D eigenvalue weighted by atomic mass is 10.2. The van der Waals surface area contributed by atoms with Crippen molar-refractivity contribution in [1.29, 1.82) is 0 Å². The molecule has 1 heterocycles. The second-order valence-electron chi connectivity index (χ2n) is 4.82. The summed E-state index contributed by atoms with van der Waals surface area (Å²) in [5.74, 6) is -1.31. The lowest BCUT2D eigenvalue weighted by Gasteiger charge is -2.21. The summed E-state index contributed by atoms with van der Waals surface area (Å²) >= 11 is 5.76. The Morgan fingerprint density at radius 2 is 2.29 bits per heavy atom. The average Bonchev–Trinajstić information content (AvgIpc) is 2.90. The minimum atomic E-state index is -0.557. The number of hydrogen-bond donors (Lipinski definition) is 1. The number of benzene rings is 1. The van der Waals surface area contributed by atoms with Crippen molar-refractivity contribution in [3.05, 3.63) is 29.0 Å². The van der Waals surface area contributed by atoms with E-state index in [2.05, 4.69) is 5.32 Å². The Hall–Kier alpha value is -1.66. The summed E-state index contributed by atoms with van der Waals surface area (Å²) in [5, 5.41) is 2.80. The fraction of sp³-hybridized carbons (Fsp3) is 0.429. The zero-order chi connectivity index (χ0) is 15.4. The minimum Gasteiger partial charge on any atom is -0.468 e. The molecule has 21 heavy (non-hydrogen) atoms. The molecule has 0 radical (unpaired) electrons. The second-order valence-corrected chi connectivity index (χ2v) is 5.26. The molecule has 7 heteroatoms. The van der Waals surface area contributed by atoms with E-state index in [0.717, 1.165) is 6.42 Å². The number of halogens is 2. The van der Waals surface area contributed by atoms with Gasteiger partial charge in [0.2, 0.25) is 5.91 Å². The van der Waals surface area contributed by atoms with E-state index in [0.29, 0.717) is 18.0 Å². The highest BCUT2D eigenvalue weighted by molar-refractivity contribution is 6.30. The predicted molar refractivity (Wildman–Crippen MR) is 76.7 cm³/mol. The molecule has 1 amide bonds. The zero-order valence-electron chi connectivity index (χ0n) is 11.6. The summed E-state index contributed by atoms with van der Waals surface area (Å²) in [6.45, 7) is 0.636. The van der Waals surface area contributed by atoms with Crippen LogP contribution in [0, 0.1) is 5.82 Å². The van der Waals surface area contributed by atoms with Gasteiger partial charge in [0.05, 0.1) is 19.3 Å². The van der Waals surface area contributed by atoms with Gasteiger partial charge in [-0.1, -0.05) is 11.6 Å². The molecule has 5 nitrogen and oxygen atoms in total. The standard InChI is InChI=1S/C14H16ClFN2O3/c1-21-14(20)12-3-2-6-18(12)8-13(19)17-11-7-9(15)4-5-10(11)16/h4-5,7,12H,2-3,6,8H2,1H3,(H,17,19). The van der Waals surface area contributed by atoms with Crippen molar-refractivity contribution in [3.8, 4) is 0 Å². The molecule has 1 aliphatic rings. The highest BCUT2D eigenvalue weighted by Crippen LogP contribution is 2.21. The topological polar surface area (TPSA) is 58.6 Å². The normalized spacial score (nSPS) is 18.5. The number of carbonyl (C=O) groups excluding carboxylic acids is 2. The van der Waals surface area contributed by atoms with Crippen LogP contribution in [0.3, 0.4) is 0 Å². The molecule has 1 fully saturated rings. The average molecular weight is 315 g/mol. The van der Waals surface area contributed by atoms with E-state index in [1.165, 1.54) is 25.3 Å². The Kier molecular flexibility index (Phi) is 5.14. The van der Waals surface area contributed by atoms with E-state index >= 15 is 0 Å². The molecule has 0 saturated carbocycles. The molecule has 1 atom stereocenters. The van der Waals surface area contributed by atoms with Crippen LogP contribution < -0.4 is 5.32 Å². The number of likely N-dealkylation sites (tertiary alicyclic amines) is 1. The largest absolute Gasteiger partial charge is 0.468 e. The van der Waals surface area contributed by atoms with E-state index in [1.807, 2.05) is 0 Å². The summed E-state index contributed by atoms with van der Waals surface area (Å²) in [6.07, 6.45) is 1.48. The molecule has 2 rings (SSSR count). The van der Waals surface area contributed by atoms with Crippen LogP contribution in [0.5, 0.6) is 0 Å². The van der Waals surface area contributed by atoms with Crippen LogP contribution in [-0.4, -0.2) is 43.0 Å². The van der Waals surface area contributed by atoms with Crippen LogP contribution >= 0.6 is 11.6 Å². The molecule has 1 aliphatic heterocycles. The van der Waals surface area contributed by atoms with Crippen LogP contribution in [0.4, 0.5) is 10.1 Å². The first-order valence-electron chi connectivity index (χ1n) is 6.58. The van der Waals surface area contributed by atoms with Gasteiger partial charge in [-0.2, -0.15) is 0 Å². The molecule has 1 N–H and O–H groups in total. The van der Waals surface area contributed by atoms with Crippen molar-refractivity contribution < 1.29 is 18.7 Å². The van der Waals surface area contributed by atoms with E-state index in [-0.39, 0.29) is 18.2 Å². The number of amides is 1. The monoisotopic (exact) mass is 314 g/mol.